The van der Waals surface area contributed by atoms with Crippen LogP contribution in [0.15, 0.2) is 12.7 Å². The molecule has 1 saturated heterocycles. The lowest BCUT2D eigenvalue weighted by atomic mass is 10.0. The summed E-state index contributed by atoms with van der Waals surface area (Å²) in [6.07, 6.45) is 7.71. The number of hydrogen-bond donors (Lipinski definition) is 1. The molecule has 1 amide bonds. The van der Waals surface area contributed by atoms with Crippen molar-refractivity contribution in [2.75, 3.05) is 19.6 Å². The Balaban J connectivity index is 0. The number of unbranched alkanes of at least 4 members (excludes halogenated alkanes) is 1. The molecule has 3 nitrogen and oxygen atoms in total. The van der Waals surface area contributed by atoms with E-state index < -0.39 is 0 Å². The first-order valence-corrected chi connectivity index (χ1v) is 6.90. The third-order valence-corrected chi connectivity index (χ3v) is 3.33. The zero-order chi connectivity index (χ0) is 12.5. The molecule has 0 saturated carbocycles. The highest BCUT2D eigenvalue weighted by Crippen LogP contribution is 2.14. The molecule has 0 aromatic rings. The van der Waals surface area contributed by atoms with Gasteiger partial charge in [0.2, 0.25) is 5.91 Å². The van der Waals surface area contributed by atoms with E-state index >= 15 is 0 Å². The average Bonchev–Trinajstić information content (AvgIpc) is 2.37. The predicted molar refractivity (Wildman–Crippen MR) is 86.4 cm³/mol. The van der Waals surface area contributed by atoms with E-state index in [0.717, 1.165) is 51.7 Å². The van der Waals surface area contributed by atoms with Gasteiger partial charge in [0, 0.05) is 19.0 Å². The topological polar surface area (TPSA) is 32.3 Å². The summed E-state index contributed by atoms with van der Waals surface area (Å²) in [7, 11) is 0. The van der Waals surface area contributed by atoms with E-state index in [2.05, 4.69) is 23.7 Å². The zero-order valence-electron chi connectivity index (χ0n) is 11.9. The van der Waals surface area contributed by atoms with Crippen LogP contribution in [0.4, 0.5) is 0 Å². The van der Waals surface area contributed by atoms with Crippen molar-refractivity contribution in [1.29, 1.82) is 0 Å². The molecule has 1 aliphatic heterocycles. The summed E-state index contributed by atoms with van der Waals surface area (Å²) in [6.45, 7) is 8.85. The fourth-order valence-corrected chi connectivity index (χ4v) is 2.41. The number of nitrogens with zero attached hydrogens (tertiary/aromatic N) is 1. The first kappa shape index (κ1) is 21.1. The van der Waals surface area contributed by atoms with Crippen LogP contribution in [-0.4, -0.2) is 36.5 Å². The minimum Gasteiger partial charge on any atom is -0.340 e. The highest BCUT2D eigenvalue weighted by atomic mass is 35.5. The Bertz CT molecular complexity index is 244. The van der Waals surface area contributed by atoms with Gasteiger partial charge in [0.15, 0.2) is 0 Å². The molecule has 5 heteroatoms. The number of amides is 1. The van der Waals surface area contributed by atoms with Gasteiger partial charge in [-0.3, -0.25) is 4.79 Å². The van der Waals surface area contributed by atoms with Crippen molar-refractivity contribution in [2.45, 2.75) is 51.5 Å². The van der Waals surface area contributed by atoms with Gasteiger partial charge in [0.1, 0.15) is 0 Å². The lowest BCUT2D eigenvalue weighted by Crippen LogP contribution is -2.46. The number of halogens is 2. The fraction of sp³-hybridized carbons (Fsp3) is 0.786. The molecule has 0 bridgehead atoms. The zero-order valence-corrected chi connectivity index (χ0v) is 13.5. The number of rotatable bonds is 7. The van der Waals surface area contributed by atoms with E-state index in [1.165, 1.54) is 0 Å². The van der Waals surface area contributed by atoms with Crippen LogP contribution in [0.3, 0.4) is 0 Å². The summed E-state index contributed by atoms with van der Waals surface area (Å²) in [5, 5.41) is 3.35. The van der Waals surface area contributed by atoms with Crippen LogP contribution in [-0.2, 0) is 4.79 Å². The first-order chi connectivity index (χ1) is 8.29. The van der Waals surface area contributed by atoms with Gasteiger partial charge in [0.05, 0.1) is 0 Å². The Hall–Kier alpha value is -0.250. The van der Waals surface area contributed by atoms with Gasteiger partial charge in [0.25, 0.3) is 0 Å². The van der Waals surface area contributed by atoms with Gasteiger partial charge < -0.3 is 10.2 Å². The highest BCUT2D eigenvalue weighted by Gasteiger charge is 2.23. The molecule has 1 fully saturated rings. The monoisotopic (exact) mass is 310 g/mol. The summed E-state index contributed by atoms with van der Waals surface area (Å²) < 4.78 is 0. The number of carbonyl (C=O) groups is 1. The van der Waals surface area contributed by atoms with Gasteiger partial charge in [-0.05, 0) is 45.2 Å². The molecule has 1 N–H and O–H groups in total. The lowest BCUT2D eigenvalue weighted by molar-refractivity contribution is -0.134. The van der Waals surface area contributed by atoms with Crippen molar-refractivity contribution in [3.8, 4) is 0 Å². The molecule has 19 heavy (non-hydrogen) atoms. The number of allylic oxidation sites excluding steroid dienone is 1. The van der Waals surface area contributed by atoms with Crippen LogP contribution < -0.4 is 5.32 Å². The van der Waals surface area contributed by atoms with Crippen molar-refractivity contribution in [3.63, 3.8) is 0 Å². The normalized spacial score (nSPS) is 15.0. The number of hydrogen-bond acceptors (Lipinski definition) is 2. The van der Waals surface area contributed by atoms with Gasteiger partial charge in [-0.2, -0.15) is 0 Å². The second kappa shape index (κ2) is 12.8. The second-order valence-corrected chi connectivity index (χ2v) is 4.75. The molecule has 0 spiro atoms. The Morgan fingerprint density at radius 1 is 1.37 bits per heavy atom. The van der Waals surface area contributed by atoms with Crippen LogP contribution in [0.25, 0.3) is 0 Å². The Kier molecular flexibility index (Phi) is 14.1. The van der Waals surface area contributed by atoms with E-state index in [0.29, 0.717) is 18.4 Å². The number of carbonyl (C=O) groups excluding carboxylic acids is 1. The fourth-order valence-electron chi connectivity index (χ4n) is 2.41. The number of nitrogens with one attached hydrogen (secondary N) is 1. The largest absolute Gasteiger partial charge is 0.340 e. The van der Waals surface area contributed by atoms with Crippen molar-refractivity contribution in [2.24, 2.45) is 0 Å². The van der Waals surface area contributed by atoms with Crippen LogP contribution in [0.2, 0.25) is 0 Å². The highest BCUT2D eigenvalue weighted by molar-refractivity contribution is 5.85. The molecular formula is C14H28Cl2N2O. The lowest BCUT2D eigenvalue weighted by Gasteiger charge is -2.34. The van der Waals surface area contributed by atoms with Gasteiger partial charge in [-0.15, -0.1) is 31.4 Å². The van der Waals surface area contributed by atoms with Gasteiger partial charge in [-0.25, -0.2) is 0 Å². The molecule has 114 valence electrons. The molecule has 0 aliphatic carbocycles. The van der Waals surface area contributed by atoms with Crippen molar-refractivity contribution in [1.82, 2.24) is 10.2 Å². The third kappa shape index (κ3) is 7.81. The molecule has 1 heterocycles. The van der Waals surface area contributed by atoms with E-state index in [1.54, 1.807) is 0 Å². The maximum atomic E-state index is 12.2. The van der Waals surface area contributed by atoms with Crippen molar-refractivity contribution >= 4 is 30.7 Å². The molecule has 0 unspecified atom stereocenters. The maximum absolute atomic E-state index is 12.2. The summed E-state index contributed by atoms with van der Waals surface area (Å²) in [5.74, 6) is 0.334. The summed E-state index contributed by atoms with van der Waals surface area (Å²) in [4.78, 5) is 14.3. The smallest absolute Gasteiger partial charge is 0.222 e. The van der Waals surface area contributed by atoms with E-state index in [1.807, 2.05) is 6.08 Å². The minimum absolute atomic E-state index is 0. The Morgan fingerprint density at radius 3 is 2.53 bits per heavy atom. The minimum atomic E-state index is 0. The summed E-state index contributed by atoms with van der Waals surface area (Å²) in [6, 6.07) is 0.465. The third-order valence-electron chi connectivity index (χ3n) is 3.33. The van der Waals surface area contributed by atoms with Crippen LogP contribution in [0.5, 0.6) is 0 Å². The molecule has 0 atom stereocenters. The van der Waals surface area contributed by atoms with E-state index in [4.69, 9.17) is 0 Å². The molecular weight excluding hydrogens is 283 g/mol. The molecule has 0 aromatic heterocycles. The van der Waals surface area contributed by atoms with Crippen molar-refractivity contribution < 1.29 is 4.79 Å². The quantitative estimate of drug-likeness (QED) is 0.578. The van der Waals surface area contributed by atoms with Crippen LogP contribution in [0, 0.1) is 0 Å². The van der Waals surface area contributed by atoms with Crippen LogP contribution in [0.1, 0.15) is 45.4 Å². The standard InChI is InChI=1S/C14H26N2O.2ClH/c1-3-5-6-7-14(17)16(12-4-2)13-8-10-15-11-9-13;;/h3,13,15H,1,4-12H2,2H3;2*1H. The average molecular weight is 311 g/mol. The Labute approximate surface area is 130 Å². The summed E-state index contributed by atoms with van der Waals surface area (Å²) in [5.41, 5.74) is 0. The van der Waals surface area contributed by atoms with Crippen LogP contribution >= 0.6 is 24.8 Å². The number of piperidine rings is 1. The SMILES string of the molecule is C=CCCCC(=O)N(CCC)C1CCNCC1.Cl.Cl. The van der Waals surface area contributed by atoms with Crippen molar-refractivity contribution in [3.05, 3.63) is 12.7 Å². The molecule has 0 aromatic carbocycles. The Morgan fingerprint density at radius 2 is 2.00 bits per heavy atom. The molecule has 1 rings (SSSR count). The summed E-state index contributed by atoms with van der Waals surface area (Å²) >= 11 is 0. The predicted octanol–water partition coefficient (Wildman–Crippen LogP) is 3.18. The first-order valence-electron chi connectivity index (χ1n) is 6.90. The van der Waals surface area contributed by atoms with Gasteiger partial charge >= 0.3 is 0 Å². The van der Waals surface area contributed by atoms with Gasteiger partial charge in [-0.1, -0.05) is 13.0 Å². The maximum Gasteiger partial charge on any atom is 0.222 e. The van der Waals surface area contributed by atoms with E-state index in [9.17, 15) is 4.79 Å². The molecule has 1 aliphatic rings. The second-order valence-electron chi connectivity index (χ2n) is 4.75. The van der Waals surface area contributed by atoms with E-state index in [-0.39, 0.29) is 24.8 Å². The molecule has 0 radical (unpaired) electrons.